The molecule has 1 aromatic heterocycles. The SMILES string of the molecule is Cc1c(CC(=O)C(Cc2ccccc2)CC(F)(F)F)cnc2c(F)cccc12. The zero-order chi connectivity index (χ0) is 20.3. The third-order valence-electron chi connectivity index (χ3n) is 4.84. The number of aryl methyl sites for hydroxylation is 1. The summed E-state index contributed by atoms with van der Waals surface area (Å²) in [6, 6.07) is 13.2. The summed E-state index contributed by atoms with van der Waals surface area (Å²) < 4.78 is 53.0. The Bertz CT molecular complexity index is 983. The summed E-state index contributed by atoms with van der Waals surface area (Å²) >= 11 is 0. The molecule has 0 saturated heterocycles. The maximum atomic E-state index is 13.9. The first-order valence-corrected chi connectivity index (χ1v) is 8.90. The predicted molar refractivity (Wildman–Crippen MR) is 99.5 cm³/mol. The van der Waals surface area contributed by atoms with E-state index in [1.54, 1.807) is 49.4 Å². The second-order valence-corrected chi connectivity index (χ2v) is 6.89. The largest absolute Gasteiger partial charge is 0.389 e. The van der Waals surface area contributed by atoms with E-state index >= 15 is 0 Å². The van der Waals surface area contributed by atoms with Crippen LogP contribution in [0.2, 0.25) is 0 Å². The topological polar surface area (TPSA) is 30.0 Å². The van der Waals surface area contributed by atoms with Crippen molar-refractivity contribution < 1.29 is 22.4 Å². The quantitative estimate of drug-likeness (QED) is 0.513. The molecular formula is C22H19F4NO. The summed E-state index contributed by atoms with van der Waals surface area (Å²) in [4.78, 5) is 16.8. The number of rotatable bonds is 6. The van der Waals surface area contributed by atoms with Crippen molar-refractivity contribution in [3.63, 3.8) is 0 Å². The molecule has 0 radical (unpaired) electrons. The first kappa shape index (κ1) is 20.0. The van der Waals surface area contributed by atoms with Crippen molar-refractivity contribution in [2.75, 3.05) is 0 Å². The van der Waals surface area contributed by atoms with Crippen molar-refractivity contribution in [2.24, 2.45) is 5.92 Å². The van der Waals surface area contributed by atoms with Crippen LogP contribution in [0.3, 0.4) is 0 Å². The first-order valence-electron chi connectivity index (χ1n) is 8.90. The van der Waals surface area contributed by atoms with E-state index in [2.05, 4.69) is 4.98 Å². The number of hydrogen-bond donors (Lipinski definition) is 0. The molecule has 28 heavy (non-hydrogen) atoms. The lowest BCUT2D eigenvalue weighted by molar-refractivity contribution is -0.153. The molecule has 0 N–H and O–H groups in total. The van der Waals surface area contributed by atoms with Crippen LogP contribution in [-0.4, -0.2) is 16.9 Å². The van der Waals surface area contributed by atoms with Gasteiger partial charge in [0.25, 0.3) is 0 Å². The number of carbonyl (C=O) groups is 1. The van der Waals surface area contributed by atoms with Gasteiger partial charge in [0.2, 0.25) is 0 Å². The molecular weight excluding hydrogens is 370 g/mol. The molecule has 0 saturated carbocycles. The van der Waals surface area contributed by atoms with E-state index in [9.17, 15) is 22.4 Å². The van der Waals surface area contributed by atoms with Gasteiger partial charge in [-0.25, -0.2) is 4.39 Å². The standard InChI is InChI=1S/C22H19F4NO/c1-14-17(13-27-21-18(14)8-5-9-19(21)23)11-20(28)16(12-22(24,25)26)10-15-6-3-2-4-7-15/h2-9,13,16H,10-12H2,1H3. The Labute approximate surface area is 160 Å². The summed E-state index contributed by atoms with van der Waals surface area (Å²) in [6.07, 6.45) is -4.37. The lowest BCUT2D eigenvalue weighted by Gasteiger charge is -2.19. The smallest absolute Gasteiger partial charge is 0.299 e. The summed E-state index contributed by atoms with van der Waals surface area (Å²) in [5, 5.41) is 0.556. The minimum absolute atomic E-state index is 0.0217. The highest BCUT2D eigenvalue weighted by Gasteiger charge is 2.35. The van der Waals surface area contributed by atoms with Crippen LogP contribution in [0, 0.1) is 18.7 Å². The highest BCUT2D eigenvalue weighted by molar-refractivity contribution is 5.88. The van der Waals surface area contributed by atoms with Gasteiger partial charge < -0.3 is 0 Å². The van der Waals surface area contributed by atoms with Crippen LogP contribution in [0.4, 0.5) is 17.6 Å². The number of fused-ring (bicyclic) bond motifs is 1. The first-order chi connectivity index (χ1) is 13.2. The fraction of sp³-hybridized carbons (Fsp3) is 0.273. The molecule has 1 atom stereocenters. The van der Waals surface area contributed by atoms with E-state index in [0.717, 1.165) is 0 Å². The lowest BCUT2D eigenvalue weighted by Crippen LogP contribution is -2.26. The molecule has 146 valence electrons. The van der Waals surface area contributed by atoms with Gasteiger partial charge in [-0.15, -0.1) is 0 Å². The molecule has 6 heteroatoms. The van der Waals surface area contributed by atoms with Crippen LogP contribution in [0.5, 0.6) is 0 Å². The molecule has 0 aliphatic heterocycles. The lowest BCUT2D eigenvalue weighted by atomic mass is 9.88. The second-order valence-electron chi connectivity index (χ2n) is 6.89. The third kappa shape index (κ3) is 4.74. The molecule has 2 aromatic carbocycles. The van der Waals surface area contributed by atoms with Crippen LogP contribution in [0.25, 0.3) is 10.9 Å². The van der Waals surface area contributed by atoms with Crippen LogP contribution in [-0.2, 0) is 17.6 Å². The van der Waals surface area contributed by atoms with Crippen LogP contribution in [0.15, 0.2) is 54.7 Å². The summed E-state index contributed by atoms with van der Waals surface area (Å²) in [5.74, 6) is -2.15. The molecule has 0 aliphatic carbocycles. The van der Waals surface area contributed by atoms with E-state index in [1.165, 1.54) is 12.3 Å². The molecule has 1 unspecified atom stereocenters. The van der Waals surface area contributed by atoms with Gasteiger partial charge >= 0.3 is 6.18 Å². The Kier molecular flexibility index (Phi) is 5.77. The van der Waals surface area contributed by atoms with Gasteiger partial charge in [0.05, 0.1) is 6.42 Å². The molecule has 3 rings (SSSR count). The highest BCUT2D eigenvalue weighted by atomic mass is 19.4. The van der Waals surface area contributed by atoms with Crippen LogP contribution < -0.4 is 0 Å². The van der Waals surface area contributed by atoms with Gasteiger partial charge in [0, 0.05) is 23.9 Å². The Balaban J connectivity index is 1.87. The van der Waals surface area contributed by atoms with Crippen LogP contribution >= 0.6 is 0 Å². The van der Waals surface area contributed by atoms with Gasteiger partial charge in [-0.3, -0.25) is 9.78 Å². The molecule has 0 amide bonds. The number of benzene rings is 2. The fourth-order valence-corrected chi connectivity index (χ4v) is 3.35. The minimum Gasteiger partial charge on any atom is -0.299 e. The molecule has 0 spiro atoms. The minimum atomic E-state index is -4.44. The normalized spacial score (nSPS) is 12.9. The van der Waals surface area contributed by atoms with Crippen molar-refractivity contribution in [2.45, 2.75) is 32.4 Å². The molecule has 0 bridgehead atoms. The second kappa shape index (κ2) is 8.09. The van der Waals surface area contributed by atoms with Gasteiger partial charge in [0.15, 0.2) is 0 Å². The number of pyridine rings is 1. The van der Waals surface area contributed by atoms with E-state index in [0.29, 0.717) is 22.1 Å². The van der Waals surface area contributed by atoms with Gasteiger partial charge in [0.1, 0.15) is 17.1 Å². The van der Waals surface area contributed by atoms with E-state index in [4.69, 9.17) is 0 Å². The zero-order valence-corrected chi connectivity index (χ0v) is 15.3. The molecule has 0 fully saturated rings. The van der Waals surface area contributed by atoms with E-state index in [-0.39, 0.29) is 18.4 Å². The van der Waals surface area contributed by atoms with Crippen LogP contribution in [0.1, 0.15) is 23.1 Å². The van der Waals surface area contributed by atoms with Crippen molar-refractivity contribution in [3.8, 4) is 0 Å². The Morgan fingerprint density at radius 3 is 2.46 bits per heavy atom. The molecule has 1 heterocycles. The third-order valence-corrected chi connectivity index (χ3v) is 4.84. The predicted octanol–water partition coefficient (Wildman–Crippen LogP) is 5.61. The number of alkyl halides is 3. The monoisotopic (exact) mass is 389 g/mol. The number of aromatic nitrogens is 1. The number of para-hydroxylation sites is 1. The summed E-state index contributed by atoms with van der Waals surface area (Å²) in [6.45, 7) is 1.72. The van der Waals surface area contributed by atoms with E-state index < -0.39 is 30.1 Å². The zero-order valence-electron chi connectivity index (χ0n) is 15.3. The maximum absolute atomic E-state index is 13.9. The average molecular weight is 389 g/mol. The number of ketones is 1. The van der Waals surface area contributed by atoms with Crippen molar-refractivity contribution in [1.29, 1.82) is 0 Å². The molecule has 0 aliphatic rings. The number of hydrogen-bond acceptors (Lipinski definition) is 2. The van der Waals surface area contributed by atoms with Crippen molar-refractivity contribution in [3.05, 3.63) is 77.2 Å². The van der Waals surface area contributed by atoms with Gasteiger partial charge in [-0.05, 0) is 36.1 Å². The number of carbonyl (C=O) groups excluding carboxylic acids is 1. The van der Waals surface area contributed by atoms with Gasteiger partial charge in [-0.2, -0.15) is 13.2 Å². The van der Waals surface area contributed by atoms with Gasteiger partial charge in [-0.1, -0.05) is 42.5 Å². The number of Topliss-reactive ketones (excluding diaryl/α,β-unsaturated/α-hetero) is 1. The summed E-state index contributed by atoms with van der Waals surface area (Å²) in [7, 11) is 0. The number of nitrogens with zero attached hydrogens (tertiary/aromatic N) is 1. The number of halogens is 4. The van der Waals surface area contributed by atoms with Crippen molar-refractivity contribution >= 4 is 16.7 Å². The molecule has 3 aromatic rings. The highest BCUT2D eigenvalue weighted by Crippen LogP contribution is 2.29. The molecule has 2 nitrogen and oxygen atoms in total. The average Bonchev–Trinajstić information content (AvgIpc) is 2.64. The fourth-order valence-electron chi connectivity index (χ4n) is 3.35. The Morgan fingerprint density at radius 1 is 1.07 bits per heavy atom. The summed E-state index contributed by atoms with van der Waals surface area (Å²) in [5.41, 5.74) is 2.04. The maximum Gasteiger partial charge on any atom is 0.389 e. The Hall–Kier alpha value is -2.76. The van der Waals surface area contributed by atoms with Crippen molar-refractivity contribution in [1.82, 2.24) is 4.98 Å². The van der Waals surface area contributed by atoms with E-state index in [1.807, 2.05) is 0 Å². The Morgan fingerprint density at radius 2 is 1.79 bits per heavy atom.